The molecular formula is C24H22N2O2. The minimum atomic E-state index is -0.470. The number of nitrogens with zero attached hydrogens (tertiary/aromatic N) is 1. The van der Waals surface area contributed by atoms with E-state index in [0.29, 0.717) is 0 Å². The van der Waals surface area contributed by atoms with Gasteiger partial charge in [0, 0.05) is 0 Å². The van der Waals surface area contributed by atoms with Crippen molar-refractivity contribution in [1.29, 1.82) is 0 Å². The summed E-state index contributed by atoms with van der Waals surface area (Å²) in [5.41, 5.74) is 7.32. The fourth-order valence-corrected chi connectivity index (χ4v) is 3.49. The first-order valence-electron chi connectivity index (χ1n) is 9.46. The van der Waals surface area contributed by atoms with Gasteiger partial charge in [-0.05, 0) is 46.4 Å². The molecule has 0 fully saturated rings. The predicted octanol–water partition coefficient (Wildman–Crippen LogP) is 5.64. The lowest BCUT2D eigenvalue weighted by Crippen LogP contribution is -2.02. The van der Waals surface area contributed by atoms with Crippen molar-refractivity contribution in [2.75, 3.05) is 7.11 Å². The number of hydrogen-bond donors (Lipinski definition) is 1. The van der Waals surface area contributed by atoms with E-state index >= 15 is 0 Å². The summed E-state index contributed by atoms with van der Waals surface area (Å²) in [6.45, 7) is 2.19. The van der Waals surface area contributed by atoms with Gasteiger partial charge >= 0.3 is 5.97 Å². The highest BCUT2D eigenvalue weighted by molar-refractivity contribution is 5.96. The van der Waals surface area contributed by atoms with Crippen LogP contribution in [0.25, 0.3) is 33.3 Å². The molecule has 140 valence electrons. The molecule has 4 heteroatoms. The molecule has 0 saturated carbocycles. The number of methoxy groups -OCH3 is 1. The summed E-state index contributed by atoms with van der Waals surface area (Å²) in [7, 11) is 1.36. The van der Waals surface area contributed by atoms with E-state index in [0.717, 1.165) is 46.1 Å². The maximum atomic E-state index is 11.9. The van der Waals surface area contributed by atoms with E-state index < -0.39 is 5.97 Å². The molecule has 3 aromatic carbocycles. The van der Waals surface area contributed by atoms with Crippen molar-refractivity contribution in [3.05, 3.63) is 78.1 Å². The van der Waals surface area contributed by atoms with E-state index in [1.165, 1.54) is 12.7 Å². The highest BCUT2D eigenvalue weighted by Crippen LogP contribution is 2.35. The van der Waals surface area contributed by atoms with Gasteiger partial charge in [-0.25, -0.2) is 9.78 Å². The second kappa shape index (κ2) is 7.69. The normalized spacial score (nSPS) is 10.9. The monoisotopic (exact) mass is 370 g/mol. The minimum absolute atomic E-state index is 0.215. The van der Waals surface area contributed by atoms with Gasteiger partial charge in [-0.3, -0.25) is 0 Å². The quantitative estimate of drug-likeness (QED) is 0.463. The summed E-state index contributed by atoms with van der Waals surface area (Å²) in [5.74, 6) is -0.255. The van der Waals surface area contributed by atoms with Crippen LogP contribution in [0.1, 0.15) is 29.5 Å². The highest BCUT2D eigenvalue weighted by atomic mass is 16.5. The van der Waals surface area contributed by atoms with Gasteiger partial charge in [-0.2, -0.15) is 0 Å². The number of rotatable bonds is 5. The van der Waals surface area contributed by atoms with E-state index in [1.54, 1.807) is 0 Å². The van der Waals surface area contributed by atoms with Crippen molar-refractivity contribution >= 4 is 17.0 Å². The van der Waals surface area contributed by atoms with Gasteiger partial charge in [-0.15, -0.1) is 0 Å². The van der Waals surface area contributed by atoms with Crippen molar-refractivity contribution in [3.8, 4) is 22.3 Å². The van der Waals surface area contributed by atoms with Crippen molar-refractivity contribution < 1.29 is 9.53 Å². The molecular weight excluding hydrogens is 348 g/mol. The number of aryl methyl sites for hydroxylation is 1. The summed E-state index contributed by atoms with van der Waals surface area (Å²) in [4.78, 5) is 19.4. The van der Waals surface area contributed by atoms with Gasteiger partial charge in [0.15, 0.2) is 0 Å². The Morgan fingerprint density at radius 2 is 1.64 bits per heavy atom. The van der Waals surface area contributed by atoms with Crippen molar-refractivity contribution in [3.63, 3.8) is 0 Å². The Hall–Kier alpha value is -3.40. The lowest BCUT2D eigenvalue weighted by molar-refractivity contribution is 0.0588. The number of fused-ring (bicyclic) bond motifs is 1. The molecule has 4 nitrogen and oxygen atoms in total. The number of aromatic amines is 1. The van der Waals surface area contributed by atoms with E-state index in [1.807, 2.05) is 24.3 Å². The van der Waals surface area contributed by atoms with Crippen molar-refractivity contribution in [2.45, 2.75) is 19.8 Å². The fraction of sp³-hybridized carbons (Fsp3) is 0.167. The Morgan fingerprint density at radius 1 is 0.964 bits per heavy atom. The van der Waals surface area contributed by atoms with Gasteiger partial charge in [0.1, 0.15) is 0 Å². The second-order valence-electron chi connectivity index (χ2n) is 6.80. The Morgan fingerprint density at radius 3 is 2.32 bits per heavy atom. The molecule has 1 aromatic heterocycles. The Labute approximate surface area is 164 Å². The number of hydrogen-bond acceptors (Lipinski definition) is 3. The van der Waals surface area contributed by atoms with Crippen molar-refractivity contribution in [1.82, 2.24) is 9.97 Å². The van der Waals surface area contributed by atoms with Gasteiger partial charge < -0.3 is 9.72 Å². The summed E-state index contributed by atoms with van der Waals surface area (Å²) in [6.07, 6.45) is 2.21. The standard InChI is InChI=1S/C24H22N2O2/c1-3-7-16-10-12-18(13-11-16)20-15-22-21(25-23(26-22)24(27)28-2)14-19(20)17-8-5-4-6-9-17/h4-6,8-15H,3,7H2,1-2H3,(H,25,26). The van der Waals surface area contributed by atoms with Crippen LogP contribution in [-0.2, 0) is 11.2 Å². The van der Waals surface area contributed by atoms with E-state index in [2.05, 4.69) is 59.4 Å². The number of carbonyl (C=O) groups is 1. The number of esters is 1. The topological polar surface area (TPSA) is 55.0 Å². The molecule has 0 unspecified atom stereocenters. The van der Waals surface area contributed by atoms with Crippen LogP contribution in [-0.4, -0.2) is 23.0 Å². The average Bonchev–Trinajstić information content (AvgIpc) is 3.17. The molecule has 1 heterocycles. The molecule has 1 N–H and O–H groups in total. The minimum Gasteiger partial charge on any atom is -0.463 e. The third-order valence-corrected chi connectivity index (χ3v) is 4.89. The van der Waals surface area contributed by atoms with Crippen LogP contribution >= 0.6 is 0 Å². The zero-order chi connectivity index (χ0) is 19.5. The van der Waals surface area contributed by atoms with Crippen molar-refractivity contribution in [2.24, 2.45) is 0 Å². The Kier molecular flexibility index (Phi) is 4.94. The molecule has 0 spiro atoms. The first-order chi connectivity index (χ1) is 13.7. The molecule has 4 aromatic rings. The Balaban J connectivity index is 1.90. The highest BCUT2D eigenvalue weighted by Gasteiger charge is 2.15. The van der Waals surface area contributed by atoms with Gasteiger partial charge in [0.05, 0.1) is 18.1 Å². The summed E-state index contributed by atoms with van der Waals surface area (Å²) in [5, 5.41) is 0. The lowest BCUT2D eigenvalue weighted by Gasteiger charge is -2.11. The number of nitrogens with one attached hydrogen (secondary N) is 1. The molecule has 0 amide bonds. The van der Waals surface area contributed by atoms with E-state index in [4.69, 9.17) is 4.74 Å². The van der Waals surface area contributed by atoms with E-state index in [-0.39, 0.29) is 5.82 Å². The van der Waals surface area contributed by atoms with Crippen LogP contribution in [0.4, 0.5) is 0 Å². The molecule has 0 saturated heterocycles. The van der Waals surface area contributed by atoms with Gasteiger partial charge in [0.25, 0.3) is 0 Å². The Bertz CT molecular complexity index is 1110. The van der Waals surface area contributed by atoms with Crippen LogP contribution in [0, 0.1) is 0 Å². The van der Waals surface area contributed by atoms with Crippen LogP contribution in [0.5, 0.6) is 0 Å². The second-order valence-corrected chi connectivity index (χ2v) is 6.80. The maximum absolute atomic E-state index is 11.9. The number of imidazole rings is 1. The largest absolute Gasteiger partial charge is 0.463 e. The first kappa shape index (κ1) is 18.0. The molecule has 0 aliphatic carbocycles. The van der Waals surface area contributed by atoms with Gasteiger partial charge in [-0.1, -0.05) is 67.9 Å². The summed E-state index contributed by atoms with van der Waals surface area (Å²) < 4.78 is 4.80. The number of benzene rings is 3. The molecule has 0 bridgehead atoms. The average molecular weight is 370 g/mol. The molecule has 4 rings (SSSR count). The third-order valence-electron chi connectivity index (χ3n) is 4.89. The summed E-state index contributed by atoms with van der Waals surface area (Å²) >= 11 is 0. The van der Waals surface area contributed by atoms with Crippen LogP contribution in [0.2, 0.25) is 0 Å². The number of H-pyrrole nitrogens is 1. The molecule has 0 aliphatic heterocycles. The number of ether oxygens (including phenoxy) is 1. The van der Waals surface area contributed by atoms with Crippen LogP contribution in [0.3, 0.4) is 0 Å². The molecule has 28 heavy (non-hydrogen) atoms. The van der Waals surface area contributed by atoms with Gasteiger partial charge in [0.2, 0.25) is 5.82 Å². The SMILES string of the molecule is CCCc1ccc(-c2cc3[nH]c(C(=O)OC)nc3cc2-c2ccccc2)cc1. The van der Waals surface area contributed by atoms with Crippen LogP contribution < -0.4 is 0 Å². The first-order valence-corrected chi connectivity index (χ1v) is 9.46. The molecule has 0 aliphatic rings. The van der Waals surface area contributed by atoms with E-state index in [9.17, 15) is 4.79 Å². The number of carbonyl (C=O) groups excluding carboxylic acids is 1. The third kappa shape index (κ3) is 3.41. The fourth-order valence-electron chi connectivity index (χ4n) is 3.49. The maximum Gasteiger partial charge on any atom is 0.374 e. The lowest BCUT2D eigenvalue weighted by atomic mass is 9.93. The number of aromatic nitrogens is 2. The zero-order valence-electron chi connectivity index (χ0n) is 16.0. The predicted molar refractivity (Wildman–Crippen MR) is 112 cm³/mol. The summed E-state index contributed by atoms with van der Waals surface area (Å²) in [6, 6.07) is 23.0. The zero-order valence-corrected chi connectivity index (χ0v) is 16.0. The molecule has 0 atom stereocenters. The molecule has 0 radical (unpaired) electrons. The van der Waals surface area contributed by atoms with Crippen LogP contribution in [0.15, 0.2) is 66.7 Å². The smallest absolute Gasteiger partial charge is 0.374 e.